The lowest BCUT2D eigenvalue weighted by atomic mass is 10.0. The van der Waals surface area contributed by atoms with Crippen LogP contribution in [0.1, 0.15) is 0 Å². The molecule has 1 fully saturated rings. The molecule has 3 aromatic rings. The minimum absolute atomic E-state index is 0.193. The number of anilines is 1. The zero-order valence-corrected chi connectivity index (χ0v) is 13.0. The lowest BCUT2D eigenvalue weighted by molar-refractivity contribution is 0.200. The molecule has 0 spiro atoms. The molecule has 0 radical (unpaired) electrons. The molecular weight excluding hydrogens is 314 g/mol. The van der Waals surface area contributed by atoms with Gasteiger partial charge in [-0.3, -0.25) is 4.98 Å². The van der Waals surface area contributed by atoms with Gasteiger partial charge in [0.15, 0.2) is 11.0 Å². The lowest BCUT2D eigenvalue weighted by Gasteiger charge is -2.39. The van der Waals surface area contributed by atoms with E-state index in [4.69, 9.17) is 16.6 Å². The molecule has 0 aromatic carbocycles. The zero-order chi connectivity index (χ0) is 15.8. The van der Waals surface area contributed by atoms with E-state index in [0.717, 1.165) is 29.9 Å². The Kier molecular flexibility index (Phi) is 3.55. The van der Waals surface area contributed by atoms with Crippen LogP contribution in [-0.2, 0) is 0 Å². The zero-order valence-electron chi connectivity index (χ0n) is 12.2. The minimum atomic E-state index is 0.193. The molecule has 0 atom stereocenters. The molecule has 1 aliphatic heterocycles. The van der Waals surface area contributed by atoms with E-state index in [0.29, 0.717) is 22.4 Å². The normalized spacial score (nSPS) is 15.0. The second kappa shape index (κ2) is 5.72. The van der Waals surface area contributed by atoms with Gasteiger partial charge in [0.25, 0.3) is 0 Å². The summed E-state index contributed by atoms with van der Waals surface area (Å²) in [4.78, 5) is 19.6. The molecule has 0 amide bonds. The van der Waals surface area contributed by atoms with E-state index >= 15 is 0 Å². The number of hydrogen-bond acceptors (Lipinski definition) is 6. The van der Waals surface area contributed by atoms with Gasteiger partial charge in [-0.2, -0.15) is 0 Å². The van der Waals surface area contributed by atoms with Crippen LogP contribution in [0.3, 0.4) is 0 Å². The Morgan fingerprint density at radius 1 is 1.13 bits per heavy atom. The fourth-order valence-corrected chi connectivity index (χ4v) is 2.94. The van der Waals surface area contributed by atoms with Gasteiger partial charge in [0.1, 0.15) is 11.3 Å². The Labute approximate surface area is 137 Å². The monoisotopic (exact) mass is 327 g/mol. The lowest BCUT2D eigenvalue weighted by Crippen LogP contribution is -2.49. The smallest absolute Gasteiger partial charge is 0.162 e. The quantitative estimate of drug-likeness (QED) is 0.743. The van der Waals surface area contributed by atoms with Crippen molar-refractivity contribution in [3.63, 3.8) is 0 Å². The van der Waals surface area contributed by atoms with Crippen LogP contribution in [0, 0.1) is 5.92 Å². The number of aromatic nitrogens is 4. The summed E-state index contributed by atoms with van der Waals surface area (Å²) in [6.45, 7) is 1.75. The molecular formula is C16H14ClN5O. The second-order valence-electron chi connectivity index (χ2n) is 5.56. The molecule has 1 aliphatic rings. The van der Waals surface area contributed by atoms with Crippen molar-refractivity contribution in [3.8, 4) is 11.4 Å². The van der Waals surface area contributed by atoms with Crippen LogP contribution in [-0.4, -0.2) is 44.7 Å². The summed E-state index contributed by atoms with van der Waals surface area (Å²) >= 11 is 6.24. The molecule has 4 heterocycles. The third kappa shape index (κ3) is 2.50. The van der Waals surface area contributed by atoms with Crippen molar-refractivity contribution in [3.05, 3.63) is 41.9 Å². The maximum atomic E-state index is 9.24. The number of rotatable bonds is 3. The number of aliphatic hydroxyl groups is 1. The maximum absolute atomic E-state index is 9.24. The van der Waals surface area contributed by atoms with Crippen molar-refractivity contribution in [2.45, 2.75) is 0 Å². The van der Waals surface area contributed by atoms with E-state index in [1.807, 2.05) is 18.2 Å². The van der Waals surface area contributed by atoms with E-state index in [2.05, 4.69) is 19.9 Å². The number of hydrogen-bond donors (Lipinski definition) is 1. The highest BCUT2D eigenvalue weighted by atomic mass is 35.5. The first-order valence-corrected chi connectivity index (χ1v) is 7.72. The van der Waals surface area contributed by atoms with Crippen molar-refractivity contribution in [2.75, 3.05) is 24.6 Å². The molecule has 0 aliphatic carbocycles. The summed E-state index contributed by atoms with van der Waals surface area (Å²) < 4.78 is 0. The van der Waals surface area contributed by atoms with Crippen LogP contribution in [0.5, 0.6) is 0 Å². The summed E-state index contributed by atoms with van der Waals surface area (Å²) in [5, 5.41) is 10.5. The van der Waals surface area contributed by atoms with Gasteiger partial charge in [-0.05, 0) is 18.2 Å². The predicted molar refractivity (Wildman–Crippen MR) is 88.4 cm³/mol. The SMILES string of the molecule is OCC1CN(c2nc(-c3ccncc3)nc3c(Cl)nccc23)C1. The fraction of sp³-hybridized carbons (Fsp3) is 0.250. The maximum Gasteiger partial charge on any atom is 0.162 e. The van der Waals surface area contributed by atoms with E-state index in [9.17, 15) is 5.11 Å². The third-order valence-corrected chi connectivity index (χ3v) is 4.28. The third-order valence-electron chi connectivity index (χ3n) is 4.00. The molecule has 6 nitrogen and oxygen atoms in total. The van der Waals surface area contributed by atoms with Gasteiger partial charge >= 0.3 is 0 Å². The van der Waals surface area contributed by atoms with Crippen LogP contribution in [0.2, 0.25) is 5.15 Å². The van der Waals surface area contributed by atoms with Crippen LogP contribution in [0.4, 0.5) is 5.82 Å². The Balaban J connectivity index is 1.88. The number of pyridine rings is 2. The van der Waals surface area contributed by atoms with Gasteiger partial charge < -0.3 is 10.0 Å². The highest BCUT2D eigenvalue weighted by Gasteiger charge is 2.29. The van der Waals surface area contributed by atoms with Crippen molar-refractivity contribution in [1.29, 1.82) is 0 Å². The van der Waals surface area contributed by atoms with Crippen LogP contribution < -0.4 is 4.90 Å². The van der Waals surface area contributed by atoms with Gasteiger partial charge in [0.2, 0.25) is 0 Å². The summed E-state index contributed by atoms with van der Waals surface area (Å²) in [7, 11) is 0. The molecule has 4 rings (SSSR count). The first-order chi connectivity index (χ1) is 11.3. The minimum Gasteiger partial charge on any atom is -0.396 e. The Morgan fingerprint density at radius 2 is 1.91 bits per heavy atom. The van der Waals surface area contributed by atoms with Gasteiger partial charge in [-0.15, -0.1) is 0 Å². The molecule has 1 saturated heterocycles. The first kappa shape index (κ1) is 14.3. The van der Waals surface area contributed by atoms with E-state index in [-0.39, 0.29) is 6.61 Å². The van der Waals surface area contributed by atoms with E-state index < -0.39 is 0 Å². The molecule has 23 heavy (non-hydrogen) atoms. The topological polar surface area (TPSA) is 75.0 Å². The van der Waals surface area contributed by atoms with E-state index in [1.54, 1.807) is 18.6 Å². The van der Waals surface area contributed by atoms with Crippen molar-refractivity contribution in [2.24, 2.45) is 5.92 Å². The Bertz CT molecular complexity index is 852. The van der Waals surface area contributed by atoms with Gasteiger partial charge in [0, 0.05) is 55.2 Å². The molecule has 1 N–H and O–H groups in total. The average Bonchev–Trinajstić information content (AvgIpc) is 2.55. The van der Waals surface area contributed by atoms with Crippen molar-refractivity contribution in [1.82, 2.24) is 19.9 Å². The van der Waals surface area contributed by atoms with Crippen molar-refractivity contribution < 1.29 is 5.11 Å². The molecule has 0 saturated carbocycles. The number of fused-ring (bicyclic) bond motifs is 1. The number of halogens is 1. The summed E-state index contributed by atoms with van der Waals surface area (Å²) in [6, 6.07) is 5.60. The van der Waals surface area contributed by atoms with E-state index in [1.165, 1.54) is 0 Å². The highest BCUT2D eigenvalue weighted by molar-refractivity contribution is 6.34. The number of nitrogens with zero attached hydrogens (tertiary/aromatic N) is 5. The largest absolute Gasteiger partial charge is 0.396 e. The molecule has 7 heteroatoms. The van der Waals surface area contributed by atoms with Crippen LogP contribution in [0.15, 0.2) is 36.8 Å². The molecule has 3 aromatic heterocycles. The second-order valence-corrected chi connectivity index (χ2v) is 5.92. The standard InChI is InChI=1S/C16H14ClN5O/c17-14-13-12(3-6-19-14)16(22-7-10(8-22)9-23)21-15(20-13)11-1-4-18-5-2-11/h1-6,10,23H,7-9H2. The predicted octanol–water partition coefficient (Wildman–Crippen LogP) is 2.17. The van der Waals surface area contributed by atoms with Crippen LogP contribution in [0.25, 0.3) is 22.3 Å². The molecule has 0 unspecified atom stereocenters. The highest BCUT2D eigenvalue weighted by Crippen LogP contribution is 2.33. The summed E-state index contributed by atoms with van der Waals surface area (Å²) in [5.41, 5.74) is 1.51. The molecule has 116 valence electrons. The summed E-state index contributed by atoms with van der Waals surface area (Å²) in [5.74, 6) is 1.72. The summed E-state index contributed by atoms with van der Waals surface area (Å²) in [6.07, 6.45) is 5.07. The Hall–Kier alpha value is -2.31. The Morgan fingerprint density at radius 3 is 2.65 bits per heavy atom. The van der Waals surface area contributed by atoms with Gasteiger partial charge in [-0.25, -0.2) is 15.0 Å². The number of aliphatic hydroxyl groups excluding tert-OH is 1. The van der Waals surface area contributed by atoms with Crippen LogP contribution >= 0.6 is 11.6 Å². The van der Waals surface area contributed by atoms with Gasteiger partial charge in [-0.1, -0.05) is 11.6 Å². The first-order valence-electron chi connectivity index (χ1n) is 7.34. The molecule has 0 bridgehead atoms. The fourth-order valence-electron chi connectivity index (χ4n) is 2.74. The average molecular weight is 328 g/mol. The van der Waals surface area contributed by atoms with Gasteiger partial charge in [0.05, 0.1) is 0 Å². The van der Waals surface area contributed by atoms with Crippen molar-refractivity contribution >= 4 is 28.3 Å².